The van der Waals surface area contributed by atoms with E-state index in [1.807, 2.05) is 64.1 Å². The first-order valence-electron chi connectivity index (χ1n) is 11.4. The van der Waals surface area contributed by atoms with Crippen molar-refractivity contribution in [3.63, 3.8) is 0 Å². The zero-order valence-corrected chi connectivity index (χ0v) is 21.2. The van der Waals surface area contributed by atoms with Gasteiger partial charge in [0, 0.05) is 18.8 Å². The summed E-state index contributed by atoms with van der Waals surface area (Å²) in [6.45, 7) is 13.7. The predicted octanol–water partition coefficient (Wildman–Crippen LogP) is 6.07. The second-order valence-corrected chi connectivity index (χ2v) is 10.1. The van der Waals surface area contributed by atoms with E-state index in [1.165, 1.54) is 16.9 Å². The molecule has 0 atom stereocenters. The van der Waals surface area contributed by atoms with Crippen molar-refractivity contribution in [2.24, 2.45) is 0 Å². The van der Waals surface area contributed by atoms with Gasteiger partial charge in [-0.05, 0) is 82.5 Å². The van der Waals surface area contributed by atoms with Crippen LogP contribution >= 0.6 is 11.3 Å². The first-order chi connectivity index (χ1) is 16.2. The Morgan fingerprint density at radius 3 is 2.74 bits per heavy atom. The van der Waals surface area contributed by atoms with Crippen molar-refractivity contribution in [3.05, 3.63) is 66.1 Å². The molecular formula is C26H34N4O3S. The van der Waals surface area contributed by atoms with Crippen LogP contribution in [0.5, 0.6) is 0 Å². The van der Waals surface area contributed by atoms with Gasteiger partial charge in [0.2, 0.25) is 0 Å². The number of anilines is 2. The third kappa shape index (κ3) is 8.68. The molecule has 2 amide bonds. The molecule has 0 fully saturated rings. The average molecular weight is 483 g/mol. The topological polar surface area (TPSA) is 84.5 Å². The molecule has 0 spiro atoms. The maximum Gasteiger partial charge on any atom is 0.325 e. The van der Waals surface area contributed by atoms with Gasteiger partial charge < -0.3 is 20.1 Å². The quantitative estimate of drug-likeness (QED) is 0.228. The van der Waals surface area contributed by atoms with E-state index in [1.54, 1.807) is 0 Å². The Balaban J connectivity index is 1.36. The van der Waals surface area contributed by atoms with E-state index in [9.17, 15) is 4.79 Å². The van der Waals surface area contributed by atoms with E-state index in [0.29, 0.717) is 30.8 Å². The molecule has 3 aromatic rings. The maximum absolute atomic E-state index is 12.4. The summed E-state index contributed by atoms with van der Waals surface area (Å²) < 4.78 is 12.4. The van der Waals surface area contributed by atoms with Crippen molar-refractivity contribution in [1.29, 1.82) is 0 Å². The van der Waals surface area contributed by atoms with E-state index >= 15 is 0 Å². The van der Waals surface area contributed by atoms with Gasteiger partial charge in [-0.1, -0.05) is 29.5 Å². The number of urea groups is 1. The summed E-state index contributed by atoms with van der Waals surface area (Å²) in [7, 11) is 0. The maximum atomic E-state index is 12.4. The van der Waals surface area contributed by atoms with Crippen LogP contribution in [0.4, 0.5) is 15.6 Å². The number of hydrogen-bond acceptors (Lipinski definition) is 6. The highest BCUT2D eigenvalue weighted by molar-refractivity contribution is 7.22. The van der Waals surface area contributed by atoms with Crippen LogP contribution in [0.2, 0.25) is 0 Å². The Morgan fingerprint density at radius 1 is 1.12 bits per heavy atom. The SMILES string of the molecule is C=C(NCCOCCCc1cccc(NC(=O)Nc2nc3ccc(C)cc3s2)c1)OC(C)(C)C. The van der Waals surface area contributed by atoms with E-state index in [4.69, 9.17) is 9.47 Å². The van der Waals surface area contributed by atoms with Crippen LogP contribution in [0.1, 0.15) is 38.3 Å². The van der Waals surface area contributed by atoms with Gasteiger partial charge in [-0.25, -0.2) is 9.78 Å². The number of aryl methyl sites for hydroxylation is 2. The Morgan fingerprint density at radius 2 is 1.94 bits per heavy atom. The first-order valence-corrected chi connectivity index (χ1v) is 12.2. The number of carbonyl (C=O) groups excluding carboxylic acids is 1. The molecule has 0 radical (unpaired) electrons. The Kier molecular flexibility index (Phi) is 8.90. The van der Waals surface area contributed by atoms with Gasteiger partial charge in [-0.15, -0.1) is 0 Å². The molecule has 0 unspecified atom stereocenters. The molecule has 0 aliphatic heterocycles. The third-order valence-corrected chi connectivity index (χ3v) is 5.63. The second kappa shape index (κ2) is 11.9. The van der Waals surface area contributed by atoms with Crippen molar-refractivity contribution < 1.29 is 14.3 Å². The van der Waals surface area contributed by atoms with E-state index in [0.717, 1.165) is 34.3 Å². The molecule has 0 saturated heterocycles. The molecule has 34 heavy (non-hydrogen) atoms. The molecule has 7 nitrogen and oxygen atoms in total. The molecule has 0 saturated carbocycles. The van der Waals surface area contributed by atoms with E-state index in [-0.39, 0.29) is 11.6 Å². The van der Waals surface area contributed by atoms with Gasteiger partial charge >= 0.3 is 6.03 Å². The van der Waals surface area contributed by atoms with Crippen LogP contribution in [0.25, 0.3) is 10.2 Å². The van der Waals surface area contributed by atoms with E-state index < -0.39 is 0 Å². The second-order valence-electron chi connectivity index (χ2n) is 9.05. The third-order valence-electron chi connectivity index (χ3n) is 4.70. The number of nitrogens with one attached hydrogen (secondary N) is 3. The number of thiazole rings is 1. The van der Waals surface area contributed by atoms with Crippen LogP contribution in [0.15, 0.2) is 54.9 Å². The molecule has 3 rings (SSSR count). The Bertz CT molecular complexity index is 1120. The Hall–Kier alpha value is -3.10. The van der Waals surface area contributed by atoms with Crippen molar-refractivity contribution >= 4 is 38.4 Å². The fourth-order valence-electron chi connectivity index (χ4n) is 3.30. The molecule has 1 heterocycles. The summed E-state index contributed by atoms with van der Waals surface area (Å²) in [4.78, 5) is 16.9. The number of carbonyl (C=O) groups is 1. The summed E-state index contributed by atoms with van der Waals surface area (Å²) >= 11 is 1.46. The summed E-state index contributed by atoms with van der Waals surface area (Å²) in [6, 6.07) is 13.6. The number of aromatic nitrogens is 1. The summed E-state index contributed by atoms with van der Waals surface area (Å²) in [5.74, 6) is 0.558. The number of amides is 2. The van der Waals surface area contributed by atoms with Crippen LogP contribution in [0, 0.1) is 6.92 Å². The number of fused-ring (bicyclic) bond motifs is 1. The van der Waals surface area contributed by atoms with Crippen LogP contribution in [-0.4, -0.2) is 36.4 Å². The number of ether oxygens (including phenoxy) is 2. The number of rotatable bonds is 11. The summed E-state index contributed by atoms with van der Waals surface area (Å²) in [5.41, 5.74) is 3.68. The minimum absolute atomic E-state index is 0.260. The highest BCUT2D eigenvalue weighted by Gasteiger charge is 2.12. The highest BCUT2D eigenvalue weighted by atomic mass is 32.1. The molecule has 8 heteroatoms. The molecule has 0 bridgehead atoms. The standard InChI is InChI=1S/C26H34N4O3S/c1-18-11-12-22-23(16-18)34-25(29-22)30-24(31)28-21-10-6-8-20(17-21)9-7-14-32-15-13-27-19(2)33-26(3,4)5/h6,8,10-12,16-17,27H,2,7,9,13-15H2,1,3-5H3,(H2,28,29,30,31). The first kappa shape index (κ1) is 25.5. The number of benzene rings is 2. The van der Waals surface area contributed by atoms with Gasteiger partial charge in [0.05, 0.1) is 16.8 Å². The molecule has 3 N–H and O–H groups in total. The minimum atomic E-state index is -0.305. The molecule has 182 valence electrons. The fourth-order valence-corrected chi connectivity index (χ4v) is 4.26. The molecule has 0 aliphatic carbocycles. The monoisotopic (exact) mass is 482 g/mol. The van der Waals surface area contributed by atoms with Gasteiger partial charge in [0.1, 0.15) is 5.60 Å². The van der Waals surface area contributed by atoms with Gasteiger partial charge in [-0.3, -0.25) is 5.32 Å². The van der Waals surface area contributed by atoms with Crippen LogP contribution < -0.4 is 16.0 Å². The van der Waals surface area contributed by atoms with Crippen molar-refractivity contribution in [3.8, 4) is 0 Å². The molecule has 1 aromatic heterocycles. The lowest BCUT2D eigenvalue weighted by Gasteiger charge is -2.23. The zero-order chi connectivity index (χ0) is 24.6. The lowest BCUT2D eigenvalue weighted by molar-refractivity contribution is 0.0382. The zero-order valence-electron chi connectivity index (χ0n) is 20.4. The Labute approximate surface area is 205 Å². The van der Waals surface area contributed by atoms with Crippen molar-refractivity contribution in [1.82, 2.24) is 10.3 Å². The normalized spacial score (nSPS) is 11.3. The van der Waals surface area contributed by atoms with Gasteiger partial charge in [-0.2, -0.15) is 0 Å². The summed E-state index contributed by atoms with van der Waals surface area (Å²) in [6.07, 6.45) is 1.75. The molecular weight excluding hydrogens is 448 g/mol. The van der Waals surface area contributed by atoms with Crippen molar-refractivity contribution in [2.75, 3.05) is 30.4 Å². The average Bonchev–Trinajstić information content (AvgIpc) is 3.13. The van der Waals surface area contributed by atoms with Crippen molar-refractivity contribution in [2.45, 2.75) is 46.1 Å². The number of hydrogen-bond donors (Lipinski definition) is 3. The summed E-state index contributed by atoms with van der Waals surface area (Å²) in [5, 5.41) is 9.40. The van der Waals surface area contributed by atoms with E-state index in [2.05, 4.69) is 33.6 Å². The molecule has 0 aliphatic rings. The minimum Gasteiger partial charge on any atom is -0.474 e. The van der Waals surface area contributed by atoms with Gasteiger partial charge in [0.15, 0.2) is 11.0 Å². The van der Waals surface area contributed by atoms with Crippen LogP contribution in [0.3, 0.4) is 0 Å². The largest absolute Gasteiger partial charge is 0.474 e. The molecule has 2 aromatic carbocycles. The van der Waals surface area contributed by atoms with Gasteiger partial charge in [0.25, 0.3) is 0 Å². The smallest absolute Gasteiger partial charge is 0.325 e. The predicted molar refractivity (Wildman–Crippen MR) is 141 cm³/mol. The van der Waals surface area contributed by atoms with Crippen LogP contribution in [-0.2, 0) is 15.9 Å². The highest BCUT2D eigenvalue weighted by Crippen LogP contribution is 2.26. The lowest BCUT2D eigenvalue weighted by Crippen LogP contribution is -2.27. The lowest BCUT2D eigenvalue weighted by atomic mass is 10.1. The number of nitrogens with zero attached hydrogens (tertiary/aromatic N) is 1. The fraction of sp³-hybridized carbons (Fsp3) is 0.385.